The van der Waals surface area contributed by atoms with Gasteiger partial charge in [0.25, 0.3) is 0 Å². The molecule has 0 aliphatic rings. The molecular weight excluding hydrogens is 374 g/mol. The molecule has 5 heteroatoms. The van der Waals surface area contributed by atoms with Crippen LogP contribution in [0.2, 0.25) is 0 Å². The molecule has 1 aromatic heterocycles. The van der Waals surface area contributed by atoms with Crippen LogP contribution < -0.4 is 4.90 Å². The number of carboxylic acid groups (broad SMARTS) is 1. The van der Waals surface area contributed by atoms with Crippen molar-refractivity contribution in [2.24, 2.45) is 0 Å². The fourth-order valence-electron chi connectivity index (χ4n) is 3.50. The van der Waals surface area contributed by atoms with E-state index in [2.05, 4.69) is 9.97 Å². The molecule has 4 rings (SSSR count). The molecule has 148 valence electrons. The number of para-hydroxylation sites is 2. The third-order valence-corrected chi connectivity index (χ3v) is 4.93. The van der Waals surface area contributed by atoms with Crippen LogP contribution in [-0.2, 0) is 11.2 Å². The Balaban J connectivity index is 1.80. The summed E-state index contributed by atoms with van der Waals surface area (Å²) in [6.45, 7) is 0. The number of carbonyl (C=O) groups is 1. The van der Waals surface area contributed by atoms with E-state index in [0.29, 0.717) is 5.82 Å². The minimum absolute atomic E-state index is 0.283. The lowest BCUT2D eigenvalue weighted by atomic mass is 9.92. The second kappa shape index (κ2) is 9.01. The molecule has 3 aromatic carbocycles. The van der Waals surface area contributed by atoms with E-state index < -0.39 is 11.9 Å². The molecule has 1 N–H and O–H groups in total. The third-order valence-electron chi connectivity index (χ3n) is 4.93. The number of hydrogen-bond acceptors (Lipinski definition) is 4. The van der Waals surface area contributed by atoms with Crippen LogP contribution in [0.15, 0.2) is 104 Å². The van der Waals surface area contributed by atoms with E-state index in [9.17, 15) is 9.90 Å². The molecule has 30 heavy (non-hydrogen) atoms. The SMILES string of the molecule is O=C(O)C(Cc1cncnc1N(c1ccccc1)c1ccccc1)c1ccccc1. The summed E-state index contributed by atoms with van der Waals surface area (Å²) in [6, 6.07) is 29.1. The lowest BCUT2D eigenvalue weighted by molar-refractivity contribution is -0.138. The van der Waals surface area contributed by atoms with Crippen LogP contribution in [0.5, 0.6) is 0 Å². The average molecular weight is 395 g/mol. The van der Waals surface area contributed by atoms with E-state index in [4.69, 9.17) is 0 Å². The fraction of sp³-hybridized carbons (Fsp3) is 0.0800. The third kappa shape index (κ3) is 4.20. The Morgan fingerprint density at radius 1 is 0.833 bits per heavy atom. The number of carboxylic acids is 1. The van der Waals surface area contributed by atoms with Crippen LogP contribution in [0, 0.1) is 0 Å². The summed E-state index contributed by atoms with van der Waals surface area (Å²) in [5.41, 5.74) is 3.40. The van der Waals surface area contributed by atoms with Gasteiger partial charge in [0, 0.05) is 23.1 Å². The zero-order chi connectivity index (χ0) is 20.8. The van der Waals surface area contributed by atoms with Crippen LogP contribution in [-0.4, -0.2) is 21.0 Å². The van der Waals surface area contributed by atoms with Gasteiger partial charge in [-0.3, -0.25) is 9.69 Å². The quantitative estimate of drug-likeness (QED) is 0.456. The lowest BCUT2D eigenvalue weighted by Crippen LogP contribution is -2.18. The molecule has 0 spiro atoms. The van der Waals surface area contributed by atoms with Gasteiger partial charge in [-0.05, 0) is 36.2 Å². The lowest BCUT2D eigenvalue weighted by Gasteiger charge is -2.26. The summed E-state index contributed by atoms with van der Waals surface area (Å²) >= 11 is 0. The monoisotopic (exact) mass is 395 g/mol. The van der Waals surface area contributed by atoms with Gasteiger partial charge in [0.2, 0.25) is 0 Å². The zero-order valence-electron chi connectivity index (χ0n) is 16.3. The molecule has 5 nitrogen and oxygen atoms in total. The largest absolute Gasteiger partial charge is 0.481 e. The van der Waals surface area contributed by atoms with Crippen molar-refractivity contribution in [2.75, 3.05) is 4.90 Å². The minimum atomic E-state index is -0.873. The minimum Gasteiger partial charge on any atom is -0.481 e. The van der Waals surface area contributed by atoms with Gasteiger partial charge < -0.3 is 5.11 Å². The summed E-state index contributed by atoms with van der Waals surface area (Å²) in [5.74, 6) is -0.893. The zero-order valence-corrected chi connectivity index (χ0v) is 16.3. The van der Waals surface area contributed by atoms with Crippen molar-refractivity contribution < 1.29 is 9.90 Å². The second-order valence-corrected chi connectivity index (χ2v) is 6.88. The Morgan fingerprint density at radius 3 is 1.90 bits per heavy atom. The molecule has 0 saturated heterocycles. The predicted molar refractivity (Wildman–Crippen MR) is 117 cm³/mol. The number of hydrogen-bond donors (Lipinski definition) is 1. The van der Waals surface area contributed by atoms with Crippen molar-refractivity contribution >= 4 is 23.2 Å². The molecule has 0 fully saturated rings. The molecule has 0 aliphatic carbocycles. The van der Waals surface area contributed by atoms with E-state index in [0.717, 1.165) is 22.5 Å². The van der Waals surface area contributed by atoms with Gasteiger partial charge >= 0.3 is 5.97 Å². The second-order valence-electron chi connectivity index (χ2n) is 6.88. The van der Waals surface area contributed by atoms with Gasteiger partial charge in [-0.2, -0.15) is 0 Å². The molecule has 0 saturated carbocycles. The number of aliphatic carboxylic acids is 1. The maximum Gasteiger partial charge on any atom is 0.311 e. The molecule has 0 amide bonds. The Hall–Kier alpha value is -3.99. The highest BCUT2D eigenvalue weighted by atomic mass is 16.4. The van der Waals surface area contributed by atoms with Gasteiger partial charge in [-0.25, -0.2) is 9.97 Å². The Labute approximate surface area is 175 Å². The predicted octanol–water partition coefficient (Wildman–Crippen LogP) is 5.36. The molecular formula is C25H21N3O2. The van der Waals surface area contributed by atoms with Crippen LogP contribution in [0.25, 0.3) is 0 Å². The highest BCUT2D eigenvalue weighted by Gasteiger charge is 2.24. The highest BCUT2D eigenvalue weighted by molar-refractivity contribution is 5.79. The van der Waals surface area contributed by atoms with Crippen molar-refractivity contribution in [3.8, 4) is 0 Å². The van der Waals surface area contributed by atoms with Gasteiger partial charge in [-0.15, -0.1) is 0 Å². The fourth-order valence-corrected chi connectivity index (χ4v) is 3.50. The summed E-state index contributed by atoms with van der Waals surface area (Å²) in [6.07, 6.45) is 3.49. The van der Waals surface area contributed by atoms with Crippen molar-refractivity contribution in [3.63, 3.8) is 0 Å². The van der Waals surface area contributed by atoms with Crippen molar-refractivity contribution in [1.82, 2.24) is 9.97 Å². The first-order chi connectivity index (χ1) is 14.7. The summed E-state index contributed by atoms with van der Waals surface area (Å²) in [5, 5.41) is 9.90. The van der Waals surface area contributed by atoms with Gasteiger partial charge in [0.05, 0.1) is 5.92 Å². The Morgan fingerprint density at radius 2 is 1.37 bits per heavy atom. The van der Waals surface area contributed by atoms with E-state index >= 15 is 0 Å². The molecule has 1 unspecified atom stereocenters. The van der Waals surface area contributed by atoms with E-state index in [-0.39, 0.29) is 6.42 Å². The molecule has 4 aromatic rings. The molecule has 0 bridgehead atoms. The van der Waals surface area contributed by atoms with Gasteiger partial charge in [0.1, 0.15) is 12.1 Å². The number of rotatable bonds is 7. The first-order valence-corrected chi connectivity index (χ1v) is 9.71. The van der Waals surface area contributed by atoms with E-state index in [1.165, 1.54) is 6.33 Å². The van der Waals surface area contributed by atoms with Crippen molar-refractivity contribution in [2.45, 2.75) is 12.3 Å². The maximum absolute atomic E-state index is 12.1. The van der Waals surface area contributed by atoms with Crippen LogP contribution >= 0.6 is 0 Å². The van der Waals surface area contributed by atoms with E-state index in [1.54, 1.807) is 6.20 Å². The normalized spacial score (nSPS) is 11.6. The van der Waals surface area contributed by atoms with Crippen molar-refractivity contribution in [1.29, 1.82) is 0 Å². The Kier molecular flexibility index (Phi) is 5.80. The smallest absolute Gasteiger partial charge is 0.311 e. The maximum atomic E-state index is 12.1. The van der Waals surface area contributed by atoms with Crippen LogP contribution in [0.4, 0.5) is 17.2 Å². The molecule has 0 radical (unpaired) electrons. The topological polar surface area (TPSA) is 66.3 Å². The molecule has 0 aliphatic heterocycles. The average Bonchev–Trinajstić information content (AvgIpc) is 2.80. The first kappa shape index (κ1) is 19.3. The number of nitrogens with zero attached hydrogens (tertiary/aromatic N) is 3. The van der Waals surface area contributed by atoms with Gasteiger partial charge in [0.15, 0.2) is 0 Å². The standard InChI is InChI=1S/C25H21N3O2/c29-25(30)23(19-10-4-1-5-11-19)16-20-17-26-18-27-24(20)28(21-12-6-2-7-13-21)22-14-8-3-9-15-22/h1-15,17-18,23H,16H2,(H,29,30). The summed E-state index contributed by atoms with van der Waals surface area (Å²) < 4.78 is 0. The van der Waals surface area contributed by atoms with E-state index in [1.807, 2.05) is 95.9 Å². The first-order valence-electron chi connectivity index (χ1n) is 9.71. The summed E-state index contributed by atoms with van der Waals surface area (Å²) in [4.78, 5) is 22.8. The summed E-state index contributed by atoms with van der Waals surface area (Å²) in [7, 11) is 0. The number of benzene rings is 3. The molecule has 1 atom stereocenters. The Bertz CT molecular complexity index is 1060. The highest BCUT2D eigenvalue weighted by Crippen LogP contribution is 2.36. The number of anilines is 3. The van der Waals surface area contributed by atoms with Crippen molar-refractivity contribution in [3.05, 3.63) is 115 Å². The molecule has 1 heterocycles. The number of aromatic nitrogens is 2. The van der Waals surface area contributed by atoms with Crippen LogP contribution in [0.3, 0.4) is 0 Å². The van der Waals surface area contributed by atoms with Crippen LogP contribution in [0.1, 0.15) is 17.0 Å². The van der Waals surface area contributed by atoms with Gasteiger partial charge in [-0.1, -0.05) is 66.7 Å².